The van der Waals surface area contributed by atoms with Gasteiger partial charge in [-0.05, 0) is 23.6 Å². The van der Waals surface area contributed by atoms with Gasteiger partial charge < -0.3 is 18.9 Å². The number of benzene rings is 3. The SMILES string of the molecule is C[C@H]1OC(=O)[C@H](OCc2ccccc2)[C@@H](OCc2ccccc2)[C@@H]1OCc1ccccc1. The van der Waals surface area contributed by atoms with Gasteiger partial charge in [-0.1, -0.05) is 91.0 Å². The molecule has 3 aromatic carbocycles. The van der Waals surface area contributed by atoms with Crippen molar-refractivity contribution in [3.63, 3.8) is 0 Å². The van der Waals surface area contributed by atoms with Crippen LogP contribution in [0.25, 0.3) is 0 Å². The molecule has 0 amide bonds. The molecule has 0 saturated carbocycles. The van der Waals surface area contributed by atoms with Crippen LogP contribution in [0.15, 0.2) is 91.0 Å². The summed E-state index contributed by atoms with van der Waals surface area (Å²) in [5, 5.41) is 0. The first-order chi connectivity index (χ1) is 15.7. The van der Waals surface area contributed by atoms with Gasteiger partial charge in [0.25, 0.3) is 0 Å². The van der Waals surface area contributed by atoms with E-state index in [2.05, 4.69) is 0 Å². The lowest BCUT2D eigenvalue weighted by atomic mass is 9.99. The van der Waals surface area contributed by atoms with E-state index < -0.39 is 30.4 Å². The average Bonchev–Trinajstić information content (AvgIpc) is 2.83. The summed E-state index contributed by atoms with van der Waals surface area (Å²) in [5.41, 5.74) is 3.03. The largest absolute Gasteiger partial charge is 0.458 e. The van der Waals surface area contributed by atoms with Crippen molar-refractivity contribution in [1.82, 2.24) is 0 Å². The second-order valence-electron chi connectivity index (χ2n) is 7.88. The van der Waals surface area contributed by atoms with E-state index in [1.807, 2.05) is 97.9 Å². The molecule has 0 radical (unpaired) electrons. The highest BCUT2D eigenvalue weighted by Crippen LogP contribution is 2.27. The average molecular weight is 433 g/mol. The summed E-state index contributed by atoms with van der Waals surface area (Å²) in [6, 6.07) is 29.5. The van der Waals surface area contributed by atoms with Gasteiger partial charge in [-0.15, -0.1) is 0 Å². The van der Waals surface area contributed by atoms with E-state index in [4.69, 9.17) is 18.9 Å². The maximum Gasteiger partial charge on any atom is 0.338 e. The third-order valence-electron chi connectivity index (χ3n) is 5.46. The summed E-state index contributed by atoms with van der Waals surface area (Å²) >= 11 is 0. The van der Waals surface area contributed by atoms with E-state index >= 15 is 0 Å². The number of carbonyl (C=O) groups is 1. The Balaban J connectivity index is 1.51. The number of cyclic esters (lactones) is 1. The standard InChI is InChI=1S/C27H28O5/c1-20-24(29-17-21-11-5-2-6-12-21)25(30-18-22-13-7-3-8-14-22)26(27(28)32-20)31-19-23-15-9-4-10-16-23/h2-16,20,24-26H,17-19H2,1H3/t20-,24-,25+,26-/m1/s1. The minimum Gasteiger partial charge on any atom is -0.458 e. The van der Waals surface area contributed by atoms with Crippen molar-refractivity contribution >= 4 is 5.97 Å². The van der Waals surface area contributed by atoms with Crippen LogP contribution in [-0.4, -0.2) is 30.4 Å². The van der Waals surface area contributed by atoms with Crippen molar-refractivity contribution in [2.45, 2.75) is 51.2 Å². The van der Waals surface area contributed by atoms with Crippen LogP contribution in [0.3, 0.4) is 0 Å². The highest BCUT2D eigenvalue weighted by atomic mass is 16.6. The lowest BCUT2D eigenvalue weighted by Crippen LogP contribution is -2.57. The van der Waals surface area contributed by atoms with E-state index in [0.29, 0.717) is 13.2 Å². The summed E-state index contributed by atoms with van der Waals surface area (Å²) in [7, 11) is 0. The highest BCUT2D eigenvalue weighted by molar-refractivity contribution is 5.77. The molecule has 5 nitrogen and oxygen atoms in total. The van der Waals surface area contributed by atoms with Crippen molar-refractivity contribution in [1.29, 1.82) is 0 Å². The Hall–Kier alpha value is -2.99. The molecule has 1 fully saturated rings. The van der Waals surface area contributed by atoms with Crippen LogP contribution >= 0.6 is 0 Å². The van der Waals surface area contributed by atoms with Crippen LogP contribution < -0.4 is 0 Å². The predicted octanol–water partition coefficient (Wildman–Crippen LogP) is 4.69. The third-order valence-corrected chi connectivity index (χ3v) is 5.46. The van der Waals surface area contributed by atoms with Gasteiger partial charge in [0.2, 0.25) is 0 Å². The lowest BCUT2D eigenvalue weighted by molar-refractivity contribution is -0.230. The van der Waals surface area contributed by atoms with Crippen molar-refractivity contribution < 1.29 is 23.7 Å². The van der Waals surface area contributed by atoms with Crippen LogP contribution in [0.2, 0.25) is 0 Å². The molecule has 0 N–H and O–H groups in total. The van der Waals surface area contributed by atoms with Gasteiger partial charge in [-0.2, -0.15) is 0 Å². The number of carbonyl (C=O) groups excluding carboxylic acids is 1. The van der Waals surface area contributed by atoms with E-state index in [0.717, 1.165) is 16.7 Å². The van der Waals surface area contributed by atoms with Crippen molar-refractivity contribution in [3.8, 4) is 0 Å². The quantitative estimate of drug-likeness (QED) is 0.459. The van der Waals surface area contributed by atoms with Crippen molar-refractivity contribution in [2.75, 3.05) is 0 Å². The zero-order valence-electron chi connectivity index (χ0n) is 18.1. The molecule has 0 spiro atoms. The number of rotatable bonds is 9. The molecule has 1 saturated heterocycles. The van der Waals surface area contributed by atoms with Crippen molar-refractivity contribution in [3.05, 3.63) is 108 Å². The molecule has 0 aromatic heterocycles. The Morgan fingerprint density at radius 1 is 0.625 bits per heavy atom. The van der Waals surface area contributed by atoms with E-state index in [9.17, 15) is 4.79 Å². The maximum absolute atomic E-state index is 12.8. The maximum atomic E-state index is 12.8. The molecule has 166 valence electrons. The van der Waals surface area contributed by atoms with Crippen LogP contribution in [0.5, 0.6) is 0 Å². The van der Waals surface area contributed by atoms with Crippen LogP contribution in [-0.2, 0) is 43.6 Å². The molecule has 3 aromatic rings. The second kappa shape index (κ2) is 11.0. The first-order valence-electron chi connectivity index (χ1n) is 10.9. The Bertz CT molecular complexity index is 961. The molecule has 4 rings (SSSR count). The molecule has 5 heteroatoms. The molecule has 0 unspecified atom stereocenters. The summed E-state index contributed by atoms with van der Waals surface area (Å²) < 4.78 is 24.1. The predicted molar refractivity (Wildman–Crippen MR) is 121 cm³/mol. The third kappa shape index (κ3) is 5.82. The van der Waals surface area contributed by atoms with Gasteiger partial charge in [0.15, 0.2) is 6.10 Å². The van der Waals surface area contributed by atoms with Gasteiger partial charge in [0, 0.05) is 0 Å². The topological polar surface area (TPSA) is 54.0 Å². The number of hydrogen-bond acceptors (Lipinski definition) is 5. The number of ether oxygens (including phenoxy) is 4. The lowest BCUT2D eigenvalue weighted by Gasteiger charge is -2.40. The summed E-state index contributed by atoms with van der Waals surface area (Å²) in [6.07, 6.45) is -2.39. The van der Waals surface area contributed by atoms with E-state index in [1.54, 1.807) is 0 Å². The highest BCUT2D eigenvalue weighted by Gasteiger charge is 2.47. The Morgan fingerprint density at radius 2 is 1.03 bits per heavy atom. The van der Waals surface area contributed by atoms with Gasteiger partial charge in [0.1, 0.15) is 18.3 Å². The molecule has 0 aliphatic carbocycles. The number of esters is 1. The van der Waals surface area contributed by atoms with E-state index in [-0.39, 0.29) is 6.61 Å². The monoisotopic (exact) mass is 432 g/mol. The Morgan fingerprint density at radius 3 is 1.50 bits per heavy atom. The zero-order valence-corrected chi connectivity index (χ0v) is 18.1. The van der Waals surface area contributed by atoms with E-state index in [1.165, 1.54) is 0 Å². The molecule has 1 heterocycles. The Labute approximate surface area is 188 Å². The minimum absolute atomic E-state index is 0.283. The molecule has 1 aliphatic heterocycles. The van der Waals surface area contributed by atoms with Crippen LogP contribution in [0.4, 0.5) is 0 Å². The smallest absolute Gasteiger partial charge is 0.338 e. The summed E-state index contributed by atoms with van der Waals surface area (Å²) in [5.74, 6) is -0.425. The first kappa shape index (κ1) is 22.2. The van der Waals surface area contributed by atoms with Crippen LogP contribution in [0, 0.1) is 0 Å². The summed E-state index contributed by atoms with van der Waals surface area (Å²) in [6.45, 7) is 2.86. The first-order valence-corrected chi connectivity index (χ1v) is 10.9. The fourth-order valence-electron chi connectivity index (χ4n) is 3.76. The zero-order chi connectivity index (χ0) is 22.2. The molecule has 32 heavy (non-hydrogen) atoms. The van der Waals surface area contributed by atoms with Gasteiger partial charge >= 0.3 is 5.97 Å². The summed E-state index contributed by atoms with van der Waals surface area (Å²) in [4.78, 5) is 12.8. The molecule has 0 bridgehead atoms. The van der Waals surface area contributed by atoms with Crippen LogP contribution in [0.1, 0.15) is 23.6 Å². The van der Waals surface area contributed by atoms with Crippen molar-refractivity contribution in [2.24, 2.45) is 0 Å². The second-order valence-corrected chi connectivity index (χ2v) is 7.88. The van der Waals surface area contributed by atoms with Gasteiger partial charge in [0.05, 0.1) is 19.8 Å². The van der Waals surface area contributed by atoms with Gasteiger partial charge in [-0.25, -0.2) is 4.79 Å². The molecular formula is C27H28O5. The fourth-order valence-corrected chi connectivity index (χ4v) is 3.76. The molecule has 4 atom stereocenters. The number of hydrogen-bond donors (Lipinski definition) is 0. The van der Waals surface area contributed by atoms with Gasteiger partial charge in [-0.3, -0.25) is 0 Å². The fraction of sp³-hybridized carbons (Fsp3) is 0.296. The Kier molecular flexibility index (Phi) is 7.67. The normalized spacial score (nSPS) is 23.0. The molecular weight excluding hydrogens is 404 g/mol. The minimum atomic E-state index is -0.879. The molecule has 1 aliphatic rings.